The van der Waals surface area contributed by atoms with Crippen molar-refractivity contribution in [2.75, 3.05) is 5.32 Å². The lowest BCUT2D eigenvalue weighted by Gasteiger charge is -1.99. The Bertz CT molecular complexity index is 674. The Kier molecular flexibility index (Phi) is 5.08. The van der Waals surface area contributed by atoms with E-state index in [0.717, 1.165) is 37.8 Å². The van der Waals surface area contributed by atoms with Gasteiger partial charge in [0.15, 0.2) is 0 Å². The zero-order valence-corrected chi connectivity index (χ0v) is 12.5. The number of aromatic nitrogens is 4. The van der Waals surface area contributed by atoms with E-state index in [0.29, 0.717) is 6.42 Å². The van der Waals surface area contributed by atoms with Gasteiger partial charge in [-0.1, -0.05) is 33.1 Å². The number of hydrogen-bond donors (Lipinski definition) is 2. The molecule has 7 nitrogen and oxygen atoms in total. The molecule has 21 heavy (non-hydrogen) atoms. The van der Waals surface area contributed by atoms with Crippen LogP contribution < -0.4 is 10.9 Å². The maximum atomic E-state index is 11.9. The third-order valence-corrected chi connectivity index (χ3v) is 3.15. The molecule has 0 saturated carbocycles. The number of aromatic amines is 1. The molecule has 2 heterocycles. The minimum absolute atomic E-state index is 0.107. The fraction of sp³-hybridized carbons (Fsp3) is 0.571. The van der Waals surface area contributed by atoms with Crippen molar-refractivity contribution >= 4 is 17.6 Å². The van der Waals surface area contributed by atoms with Crippen molar-refractivity contribution in [1.29, 1.82) is 0 Å². The van der Waals surface area contributed by atoms with Crippen molar-refractivity contribution < 1.29 is 4.79 Å². The molecule has 7 heteroatoms. The lowest BCUT2D eigenvalue weighted by molar-refractivity contribution is -0.116. The molecule has 1 amide bonds. The predicted molar refractivity (Wildman–Crippen MR) is 80.4 cm³/mol. The van der Waals surface area contributed by atoms with E-state index < -0.39 is 0 Å². The van der Waals surface area contributed by atoms with Crippen LogP contribution in [-0.2, 0) is 11.2 Å². The Hall–Kier alpha value is -2.18. The average Bonchev–Trinajstić information content (AvgIpc) is 2.82. The molecule has 0 aliphatic rings. The van der Waals surface area contributed by atoms with Crippen molar-refractivity contribution in [3.05, 3.63) is 22.1 Å². The lowest BCUT2D eigenvalue weighted by Crippen LogP contribution is -2.16. The predicted octanol–water partition coefficient (Wildman–Crippen LogP) is 1.89. The topological polar surface area (TPSA) is 92.2 Å². The van der Waals surface area contributed by atoms with Crippen molar-refractivity contribution in [1.82, 2.24) is 19.6 Å². The number of anilines is 1. The average molecular weight is 291 g/mol. The molecule has 0 spiro atoms. The number of H-pyrrole nitrogens is 1. The van der Waals surface area contributed by atoms with Gasteiger partial charge in [0.25, 0.3) is 11.3 Å². The summed E-state index contributed by atoms with van der Waals surface area (Å²) in [6, 6.07) is 1.49. The summed E-state index contributed by atoms with van der Waals surface area (Å²) in [6.45, 7) is 4.11. The molecule has 0 aromatic carbocycles. The maximum Gasteiger partial charge on any atom is 0.274 e. The van der Waals surface area contributed by atoms with Crippen molar-refractivity contribution in [3.8, 4) is 0 Å². The molecule has 2 N–H and O–H groups in total. The number of fused-ring (bicyclic) bond motifs is 1. The van der Waals surface area contributed by atoms with Crippen LogP contribution in [0.4, 0.5) is 5.95 Å². The van der Waals surface area contributed by atoms with Crippen LogP contribution in [0.2, 0.25) is 0 Å². The number of nitrogens with one attached hydrogen (secondary N) is 2. The van der Waals surface area contributed by atoms with Crippen LogP contribution >= 0.6 is 0 Å². The van der Waals surface area contributed by atoms with Gasteiger partial charge in [-0.2, -0.15) is 9.50 Å². The van der Waals surface area contributed by atoms with E-state index in [9.17, 15) is 9.59 Å². The second-order valence-corrected chi connectivity index (χ2v) is 5.05. The highest BCUT2D eigenvalue weighted by molar-refractivity contribution is 5.88. The first-order chi connectivity index (χ1) is 10.1. The highest BCUT2D eigenvalue weighted by atomic mass is 16.2. The van der Waals surface area contributed by atoms with E-state index in [1.165, 1.54) is 10.6 Å². The van der Waals surface area contributed by atoms with Gasteiger partial charge in [-0.05, 0) is 12.8 Å². The molecular weight excluding hydrogens is 270 g/mol. The maximum absolute atomic E-state index is 11.9. The highest BCUT2D eigenvalue weighted by Crippen LogP contribution is 2.05. The minimum atomic E-state index is -0.220. The Morgan fingerprint density at radius 3 is 2.81 bits per heavy atom. The normalized spacial score (nSPS) is 11.0. The van der Waals surface area contributed by atoms with E-state index in [2.05, 4.69) is 27.3 Å². The lowest BCUT2D eigenvalue weighted by atomic mass is 10.2. The van der Waals surface area contributed by atoms with Crippen LogP contribution in [0.25, 0.3) is 5.78 Å². The molecule has 0 atom stereocenters. The van der Waals surface area contributed by atoms with E-state index in [1.54, 1.807) is 0 Å². The number of carbonyl (C=O) groups excluding carboxylic acids is 1. The fourth-order valence-electron chi connectivity index (χ4n) is 2.10. The number of rotatable bonds is 7. The molecule has 0 fully saturated rings. The minimum Gasteiger partial charge on any atom is -0.295 e. The third kappa shape index (κ3) is 3.90. The molecule has 0 radical (unpaired) electrons. The second-order valence-electron chi connectivity index (χ2n) is 5.05. The summed E-state index contributed by atoms with van der Waals surface area (Å²) in [4.78, 5) is 32.1. The van der Waals surface area contributed by atoms with E-state index in [1.807, 2.05) is 6.92 Å². The first kappa shape index (κ1) is 15.2. The van der Waals surface area contributed by atoms with E-state index in [-0.39, 0.29) is 23.2 Å². The molecule has 0 aliphatic heterocycles. The molecule has 2 rings (SSSR count). The van der Waals surface area contributed by atoms with Crippen molar-refractivity contribution in [2.45, 2.75) is 52.4 Å². The van der Waals surface area contributed by atoms with Crippen LogP contribution in [-0.4, -0.2) is 25.5 Å². The molecule has 0 aliphatic carbocycles. The summed E-state index contributed by atoms with van der Waals surface area (Å²) >= 11 is 0. The van der Waals surface area contributed by atoms with Gasteiger partial charge in [0.1, 0.15) is 0 Å². The summed E-state index contributed by atoms with van der Waals surface area (Å²) < 4.78 is 1.24. The summed E-state index contributed by atoms with van der Waals surface area (Å²) in [7, 11) is 0. The van der Waals surface area contributed by atoms with Crippen molar-refractivity contribution in [3.63, 3.8) is 0 Å². The smallest absolute Gasteiger partial charge is 0.274 e. The van der Waals surface area contributed by atoms with Crippen LogP contribution in [0.1, 0.15) is 51.6 Å². The Labute approximate surface area is 122 Å². The largest absolute Gasteiger partial charge is 0.295 e. The van der Waals surface area contributed by atoms with Gasteiger partial charge >= 0.3 is 0 Å². The van der Waals surface area contributed by atoms with Crippen LogP contribution in [0.5, 0.6) is 0 Å². The van der Waals surface area contributed by atoms with Gasteiger partial charge in [-0.15, -0.1) is 0 Å². The SMILES string of the molecule is CCCCCC(=O)Nc1nc2nc(CCC)cc(=O)n2[nH]1. The van der Waals surface area contributed by atoms with E-state index >= 15 is 0 Å². The number of amides is 1. The van der Waals surface area contributed by atoms with Crippen LogP contribution in [0.3, 0.4) is 0 Å². The van der Waals surface area contributed by atoms with Gasteiger partial charge in [-0.3, -0.25) is 20.0 Å². The summed E-state index contributed by atoms with van der Waals surface area (Å²) in [5, 5.41) is 5.42. The highest BCUT2D eigenvalue weighted by Gasteiger charge is 2.10. The molecule has 114 valence electrons. The molecule has 0 saturated heterocycles. The first-order valence-electron chi connectivity index (χ1n) is 7.42. The Balaban J connectivity index is 2.13. The van der Waals surface area contributed by atoms with Gasteiger partial charge in [0.2, 0.25) is 11.9 Å². The molecule has 2 aromatic heterocycles. The number of nitrogens with zero attached hydrogens (tertiary/aromatic N) is 3. The number of aryl methyl sites for hydroxylation is 1. The molecule has 0 unspecified atom stereocenters. The molecule has 2 aromatic rings. The van der Waals surface area contributed by atoms with Gasteiger partial charge in [0.05, 0.1) is 5.69 Å². The Morgan fingerprint density at radius 2 is 2.10 bits per heavy atom. The number of unbranched alkanes of at least 4 members (excludes halogenated alkanes) is 2. The number of hydrogen-bond acceptors (Lipinski definition) is 4. The third-order valence-electron chi connectivity index (χ3n) is 3.15. The summed E-state index contributed by atoms with van der Waals surface area (Å²) in [5.74, 6) is 0.439. The summed E-state index contributed by atoms with van der Waals surface area (Å²) in [5.41, 5.74) is 0.497. The molecule has 0 bridgehead atoms. The van der Waals surface area contributed by atoms with Gasteiger partial charge in [-0.25, -0.2) is 4.98 Å². The van der Waals surface area contributed by atoms with Crippen LogP contribution in [0, 0.1) is 0 Å². The van der Waals surface area contributed by atoms with Gasteiger partial charge < -0.3 is 0 Å². The Morgan fingerprint density at radius 1 is 1.29 bits per heavy atom. The summed E-state index contributed by atoms with van der Waals surface area (Å²) in [6.07, 6.45) is 5.04. The first-order valence-corrected chi connectivity index (χ1v) is 7.42. The number of carbonyl (C=O) groups is 1. The fourth-order valence-corrected chi connectivity index (χ4v) is 2.10. The van der Waals surface area contributed by atoms with Crippen molar-refractivity contribution in [2.24, 2.45) is 0 Å². The van der Waals surface area contributed by atoms with E-state index in [4.69, 9.17) is 0 Å². The van der Waals surface area contributed by atoms with Crippen LogP contribution in [0.15, 0.2) is 10.9 Å². The quantitative estimate of drug-likeness (QED) is 0.762. The zero-order chi connectivity index (χ0) is 15.2. The second kappa shape index (κ2) is 7.01. The monoisotopic (exact) mass is 291 g/mol. The molecular formula is C14H21N5O2. The van der Waals surface area contributed by atoms with Gasteiger partial charge in [0, 0.05) is 12.5 Å². The zero-order valence-electron chi connectivity index (χ0n) is 12.5. The standard InChI is InChI=1S/C14H21N5O2/c1-3-5-6-8-11(20)16-13-17-14-15-10(7-4-2)9-12(21)19(14)18-13/h9H,3-8H2,1-2H3,(H2,15,16,17,18,20).